The van der Waals surface area contributed by atoms with E-state index < -0.39 is 0 Å². The number of benzene rings is 1. The molecule has 2 aromatic rings. The minimum Gasteiger partial charge on any atom is -0.337 e. The van der Waals surface area contributed by atoms with Gasteiger partial charge in [0.05, 0.1) is 6.20 Å². The number of fused-ring (bicyclic) bond motifs is 1. The predicted molar refractivity (Wildman–Crippen MR) is 93.8 cm³/mol. The molecule has 1 aromatic carbocycles. The van der Waals surface area contributed by atoms with Crippen molar-refractivity contribution in [2.45, 2.75) is 31.8 Å². The second-order valence-electron chi connectivity index (χ2n) is 6.75. The van der Waals surface area contributed by atoms with E-state index in [1.165, 1.54) is 36.5 Å². The highest BCUT2D eigenvalue weighted by Gasteiger charge is 2.37. The molecule has 2 aliphatic rings. The number of amides is 1. The second kappa shape index (κ2) is 6.99. The first-order valence-electron chi connectivity index (χ1n) is 8.66. The summed E-state index contributed by atoms with van der Waals surface area (Å²) < 4.78 is 3.81. The Bertz CT molecular complexity index is 676. The van der Waals surface area contributed by atoms with Crippen molar-refractivity contribution < 1.29 is 4.79 Å². The van der Waals surface area contributed by atoms with Gasteiger partial charge in [-0.1, -0.05) is 34.8 Å². The molecule has 0 spiro atoms. The van der Waals surface area contributed by atoms with Crippen LogP contribution in [0.2, 0.25) is 0 Å². The summed E-state index contributed by atoms with van der Waals surface area (Å²) in [6, 6.07) is 11.3. The molecule has 5 nitrogen and oxygen atoms in total. The first-order chi connectivity index (χ1) is 11.8. The third-order valence-electron chi connectivity index (χ3n) is 5.27. The number of hydrogen-bond donors (Lipinski definition) is 0. The normalized spacial score (nSPS) is 24.6. The molecule has 0 aliphatic carbocycles. The third-order valence-corrected chi connectivity index (χ3v) is 5.92. The first kappa shape index (κ1) is 15.7. The molecule has 2 saturated heterocycles. The van der Waals surface area contributed by atoms with E-state index in [4.69, 9.17) is 0 Å². The van der Waals surface area contributed by atoms with Crippen molar-refractivity contribution in [3.8, 4) is 0 Å². The SMILES string of the molecule is O=C(c1cnns1)N1CC[C@H]2[C@@H](CCCN2Cc2ccccc2)C1. The van der Waals surface area contributed by atoms with Crippen LogP contribution in [0.4, 0.5) is 0 Å². The highest BCUT2D eigenvalue weighted by molar-refractivity contribution is 7.07. The second-order valence-corrected chi connectivity index (χ2v) is 7.53. The zero-order valence-corrected chi connectivity index (χ0v) is 14.5. The van der Waals surface area contributed by atoms with Gasteiger partial charge in [0.25, 0.3) is 5.91 Å². The summed E-state index contributed by atoms with van der Waals surface area (Å²) >= 11 is 1.19. The average molecular weight is 342 g/mol. The van der Waals surface area contributed by atoms with Crippen LogP contribution in [-0.4, -0.2) is 51.0 Å². The number of nitrogens with zero attached hydrogens (tertiary/aromatic N) is 4. The summed E-state index contributed by atoms with van der Waals surface area (Å²) in [6.45, 7) is 3.90. The van der Waals surface area contributed by atoms with Crippen LogP contribution in [0.1, 0.15) is 34.5 Å². The predicted octanol–water partition coefficient (Wildman–Crippen LogP) is 2.66. The lowest BCUT2D eigenvalue weighted by atomic mass is 9.83. The van der Waals surface area contributed by atoms with Crippen LogP contribution in [0.25, 0.3) is 0 Å². The molecule has 2 aliphatic heterocycles. The number of hydrogen-bond acceptors (Lipinski definition) is 5. The maximum absolute atomic E-state index is 12.6. The van der Waals surface area contributed by atoms with Crippen LogP contribution < -0.4 is 0 Å². The molecule has 0 radical (unpaired) electrons. The largest absolute Gasteiger partial charge is 0.337 e. The number of carbonyl (C=O) groups excluding carboxylic acids is 1. The van der Waals surface area contributed by atoms with Gasteiger partial charge in [-0.2, -0.15) is 0 Å². The molecule has 1 aromatic heterocycles. The van der Waals surface area contributed by atoms with Crippen LogP contribution in [0.5, 0.6) is 0 Å². The van der Waals surface area contributed by atoms with Crippen LogP contribution in [0.15, 0.2) is 36.5 Å². The molecule has 0 unspecified atom stereocenters. The standard InChI is InChI=1S/C18H22N4OS/c23-18(17-11-19-20-24-17)22-10-8-16-15(13-22)7-4-9-21(16)12-14-5-2-1-3-6-14/h1-3,5-6,11,15-16H,4,7-10,12-13H2/t15-,16-/m0/s1. The van der Waals surface area contributed by atoms with Crippen LogP contribution in [0.3, 0.4) is 0 Å². The van der Waals surface area contributed by atoms with Gasteiger partial charge in [-0.15, -0.1) is 5.10 Å². The van der Waals surface area contributed by atoms with Crippen LogP contribution in [-0.2, 0) is 6.54 Å². The Morgan fingerprint density at radius 1 is 1.21 bits per heavy atom. The molecular formula is C18H22N4OS. The maximum Gasteiger partial charge on any atom is 0.267 e. The Labute approximate surface area is 146 Å². The van der Waals surface area contributed by atoms with E-state index >= 15 is 0 Å². The number of carbonyl (C=O) groups is 1. The van der Waals surface area contributed by atoms with Crippen LogP contribution >= 0.6 is 11.5 Å². The molecule has 4 rings (SSSR count). The molecule has 6 heteroatoms. The minimum absolute atomic E-state index is 0.101. The number of aromatic nitrogens is 2. The topological polar surface area (TPSA) is 49.3 Å². The maximum atomic E-state index is 12.6. The van der Waals surface area contributed by atoms with Crippen molar-refractivity contribution in [2.24, 2.45) is 5.92 Å². The summed E-state index contributed by atoms with van der Waals surface area (Å²) in [6.07, 6.45) is 5.09. The summed E-state index contributed by atoms with van der Waals surface area (Å²) in [7, 11) is 0. The Morgan fingerprint density at radius 3 is 2.88 bits per heavy atom. The lowest BCUT2D eigenvalue weighted by molar-refractivity contribution is 0.0177. The minimum atomic E-state index is 0.101. The van der Waals surface area contributed by atoms with Crippen molar-refractivity contribution in [3.63, 3.8) is 0 Å². The quantitative estimate of drug-likeness (QED) is 0.860. The van der Waals surface area contributed by atoms with Gasteiger partial charge in [0.1, 0.15) is 4.88 Å². The van der Waals surface area contributed by atoms with Crippen molar-refractivity contribution in [1.82, 2.24) is 19.4 Å². The molecule has 0 bridgehead atoms. The molecule has 24 heavy (non-hydrogen) atoms. The van der Waals surface area contributed by atoms with Gasteiger partial charge in [-0.25, -0.2) is 0 Å². The lowest BCUT2D eigenvalue weighted by Gasteiger charge is -2.47. The Hall–Kier alpha value is -1.79. The van der Waals surface area contributed by atoms with Gasteiger partial charge in [0.15, 0.2) is 0 Å². The fourth-order valence-electron chi connectivity index (χ4n) is 4.12. The van der Waals surface area contributed by atoms with E-state index in [9.17, 15) is 4.79 Å². The fourth-order valence-corrected chi connectivity index (χ4v) is 4.61. The summed E-state index contributed by atoms with van der Waals surface area (Å²) in [5, 5.41) is 3.79. The van der Waals surface area contributed by atoms with Gasteiger partial charge in [-0.3, -0.25) is 9.69 Å². The van der Waals surface area contributed by atoms with Gasteiger partial charge in [-0.05, 0) is 48.8 Å². The number of piperidine rings is 2. The van der Waals surface area contributed by atoms with E-state index in [2.05, 4.69) is 44.8 Å². The van der Waals surface area contributed by atoms with Gasteiger partial charge < -0.3 is 4.90 Å². The van der Waals surface area contributed by atoms with E-state index in [0.29, 0.717) is 16.8 Å². The Kier molecular flexibility index (Phi) is 4.58. The molecule has 2 fully saturated rings. The van der Waals surface area contributed by atoms with Crippen molar-refractivity contribution in [2.75, 3.05) is 19.6 Å². The van der Waals surface area contributed by atoms with E-state index in [1.807, 2.05) is 4.90 Å². The van der Waals surface area contributed by atoms with Crippen molar-refractivity contribution in [3.05, 3.63) is 47.0 Å². The Balaban J connectivity index is 1.42. The van der Waals surface area contributed by atoms with Crippen molar-refractivity contribution in [1.29, 1.82) is 0 Å². The first-order valence-corrected chi connectivity index (χ1v) is 9.43. The molecule has 126 valence electrons. The molecule has 2 atom stereocenters. The number of likely N-dealkylation sites (tertiary alicyclic amines) is 2. The monoisotopic (exact) mass is 342 g/mol. The van der Waals surface area contributed by atoms with E-state index in [1.54, 1.807) is 6.20 Å². The van der Waals surface area contributed by atoms with E-state index in [-0.39, 0.29) is 5.91 Å². The van der Waals surface area contributed by atoms with E-state index in [0.717, 1.165) is 26.1 Å². The zero-order valence-electron chi connectivity index (χ0n) is 13.7. The smallest absolute Gasteiger partial charge is 0.267 e. The molecule has 0 saturated carbocycles. The van der Waals surface area contributed by atoms with Crippen LogP contribution in [0, 0.1) is 5.92 Å². The summed E-state index contributed by atoms with van der Waals surface area (Å²) in [5.41, 5.74) is 1.38. The van der Waals surface area contributed by atoms with Gasteiger partial charge in [0, 0.05) is 25.7 Å². The van der Waals surface area contributed by atoms with Crippen molar-refractivity contribution >= 4 is 17.4 Å². The highest BCUT2D eigenvalue weighted by atomic mass is 32.1. The average Bonchev–Trinajstić information content (AvgIpc) is 3.16. The Morgan fingerprint density at radius 2 is 2.08 bits per heavy atom. The zero-order chi connectivity index (χ0) is 16.4. The molecular weight excluding hydrogens is 320 g/mol. The third kappa shape index (κ3) is 3.21. The lowest BCUT2D eigenvalue weighted by Crippen LogP contribution is -2.54. The summed E-state index contributed by atoms with van der Waals surface area (Å²) in [4.78, 5) is 17.8. The molecule has 0 N–H and O–H groups in total. The van der Waals surface area contributed by atoms with Gasteiger partial charge >= 0.3 is 0 Å². The molecule has 3 heterocycles. The number of rotatable bonds is 3. The molecule has 1 amide bonds. The summed E-state index contributed by atoms with van der Waals surface area (Å²) in [5.74, 6) is 0.685. The highest BCUT2D eigenvalue weighted by Crippen LogP contribution is 2.32. The van der Waals surface area contributed by atoms with Gasteiger partial charge in [0.2, 0.25) is 0 Å². The fraction of sp³-hybridized carbons (Fsp3) is 0.500.